The zero-order valence-corrected chi connectivity index (χ0v) is 27.9. The smallest absolute Gasteiger partial charge is 0.210 e. The lowest BCUT2D eigenvalue weighted by molar-refractivity contribution is -0.401. The first-order valence-corrected chi connectivity index (χ1v) is 16.5. The van der Waals surface area contributed by atoms with Crippen LogP contribution in [0.1, 0.15) is 35.6 Å². The zero-order valence-electron chi connectivity index (χ0n) is 27.9. The van der Waals surface area contributed by atoms with E-state index in [9.17, 15) is 0 Å². The number of ether oxygens (including phenoxy) is 1. The molecule has 3 heteroatoms. The Morgan fingerprint density at radius 3 is 2.09 bits per heavy atom. The molecule has 0 bridgehead atoms. The number of anilines is 1. The van der Waals surface area contributed by atoms with Crippen LogP contribution in [0.15, 0.2) is 152 Å². The lowest BCUT2D eigenvalue weighted by Gasteiger charge is -2.32. The van der Waals surface area contributed by atoms with Gasteiger partial charge in [0.1, 0.15) is 12.8 Å². The Morgan fingerprint density at radius 2 is 1.43 bits per heavy atom. The summed E-state index contributed by atoms with van der Waals surface area (Å²) < 4.78 is 8.14. The molecule has 5 aromatic rings. The van der Waals surface area contributed by atoms with Gasteiger partial charge < -0.3 is 9.64 Å². The summed E-state index contributed by atoms with van der Waals surface area (Å²) in [6, 6.07) is 41.7. The number of fused-ring (bicyclic) bond motifs is 3. The maximum Gasteiger partial charge on any atom is 0.210 e. The van der Waals surface area contributed by atoms with Gasteiger partial charge in [-0.3, -0.25) is 0 Å². The van der Waals surface area contributed by atoms with Crippen LogP contribution in [0.5, 0.6) is 5.75 Å². The van der Waals surface area contributed by atoms with Gasteiger partial charge in [0.05, 0.1) is 12.5 Å². The van der Waals surface area contributed by atoms with Crippen molar-refractivity contribution in [3.8, 4) is 5.75 Å². The quantitative estimate of drug-likeness (QED) is 0.121. The standard InChI is InChI=1S/C44H43N2O/c1-6-26-44(31-33-18-11-8-12-19-33)38-29-36(47-5)24-25-39(38)45(3)42(44)23-15-22-41-43(2,30-32-16-9-7-10-17-32)37-27-34-20-13-14-21-35(34)28-40(37)46(41)4/h6-25,27-29H,1,26,30-31H2,2-5H3/q+1. The molecule has 0 spiro atoms. The Kier molecular flexibility index (Phi) is 7.93. The molecular weight excluding hydrogens is 572 g/mol. The Morgan fingerprint density at radius 1 is 0.787 bits per heavy atom. The third-order valence-corrected chi connectivity index (χ3v) is 10.4. The molecule has 0 amide bonds. The normalized spacial score (nSPS) is 21.1. The van der Waals surface area contributed by atoms with Crippen LogP contribution in [-0.2, 0) is 23.7 Å². The number of rotatable bonds is 9. The maximum atomic E-state index is 5.74. The summed E-state index contributed by atoms with van der Waals surface area (Å²) in [5.41, 5.74) is 9.84. The van der Waals surface area contributed by atoms with E-state index in [0.29, 0.717) is 0 Å². The summed E-state index contributed by atoms with van der Waals surface area (Å²) in [5.74, 6) is 0.875. The molecule has 234 valence electrons. The molecule has 0 saturated heterocycles. The molecule has 0 N–H and O–H groups in total. The summed E-state index contributed by atoms with van der Waals surface area (Å²) in [7, 11) is 6.16. The molecule has 3 nitrogen and oxygen atoms in total. The van der Waals surface area contributed by atoms with Crippen LogP contribution in [0.4, 0.5) is 11.4 Å². The van der Waals surface area contributed by atoms with Gasteiger partial charge in [0.25, 0.3) is 0 Å². The number of allylic oxidation sites excluding steroid dienone is 5. The number of benzene rings is 5. The van der Waals surface area contributed by atoms with Crippen molar-refractivity contribution in [2.24, 2.45) is 0 Å². The molecule has 2 aliphatic rings. The summed E-state index contributed by atoms with van der Waals surface area (Å²) in [6.45, 7) is 6.65. The lowest BCUT2D eigenvalue weighted by atomic mass is 9.72. The fourth-order valence-electron chi connectivity index (χ4n) is 8.14. The van der Waals surface area contributed by atoms with Crippen molar-refractivity contribution < 1.29 is 9.31 Å². The largest absolute Gasteiger partial charge is 0.497 e. The van der Waals surface area contributed by atoms with Crippen molar-refractivity contribution in [1.29, 1.82) is 0 Å². The zero-order chi connectivity index (χ0) is 32.6. The van der Waals surface area contributed by atoms with Crippen LogP contribution in [-0.4, -0.2) is 31.5 Å². The minimum Gasteiger partial charge on any atom is -0.497 e. The Balaban J connectivity index is 1.36. The highest BCUT2D eigenvalue weighted by atomic mass is 16.5. The Labute approximate surface area is 279 Å². The van der Waals surface area contributed by atoms with Crippen molar-refractivity contribution >= 4 is 27.9 Å². The van der Waals surface area contributed by atoms with Crippen molar-refractivity contribution in [2.45, 2.75) is 37.0 Å². The second kappa shape index (κ2) is 12.2. The summed E-state index contributed by atoms with van der Waals surface area (Å²) in [6.07, 6.45) is 11.6. The minimum atomic E-state index is -0.285. The van der Waals surface area contributed by atoms with E-state index < -0.39 is 0 Å². The first kappa shape index (κ1) is 30.5. The monoisotopic (exact) mass is 615 g/mol. The average molecular weight is 616 g/mol. The van der Waals surface area contributed by atoms with Gasteiger partial charge in [-0.25, -0.2) is 0 Å². The third-order valence-electron chi connectivity index (χ3n) is 10.4. The van der Waals surface area contributed by atoms with Crippen LogP contribution >= 0.6 is 0 Å². The molecule has 5 aromatic carbocycles. The maximum absolute atomic E-state index is 5.74. The number of hydrogen-bond acceptors (Lipinski definition) is 2. The SMILES string of the molecule is C=CCC1(Cc2ccccc2)C(=CC=CC2=[N+](C)c3cc4ccccc4cc3C2(C)Cc2ccccc2)N(C)c2ccc(OC)cc21. The fourth-order valence-corrected chi connectivity index (χ4v) is 8.14. The molecule has 0 fully saturated rings. The van der Waals surface area contributed by atoms with Gasteiger partial charge in [0, 0.05) is 41.6 Å². The molecule has 2 atom stereocenters. The van der Waals surface area contributed by atoms with Crippen molar-refractivity contribution in [1.82, 2.24) is 0 Å². The third kappa shape index (κ3) is 5.20. The number of nitrogens with zero attached hydrogens (tertiary/aromatic N) is 2. The second-order valence-corrected chi connectivity index (χ2v) is 13.2. The van der Waals surface area contributed by atoms with Gasteiger partial charge in [0.2, 0.25) is 5.69 Å². The molecule has 7 rings (SSSR count). The van der Waals surface area contributed by atoms with Crippen molar-refractivity contribution in [2.75, 3.05) is 26.1 Å². The number of hydrogen-bond donors (Lipinski definition) is 0. The van der Waals surface area contributed by atoms with E-state index in [4.69, 9.17) is 4.74 Å². The van der Waals surface area contributed by atoms with Crippen LogP contribution in [0.25, 0.3) is 10.8 Å². The molecule has 47 heavy (non-hydrogen) atoms. The highest BCUT2D eigenvalue weighted by Gasteiger charge is 2.48. The van der Waals surface area contributed by atoms with Gasteiger partial charge in [0.15, 0.2) is 5.71 Å². The molecule has 0 saturated carbocycles. The summed E-state index contributed by atoms with van der Waals surface area (Å²) >= 11 is 0. The van der Waals surface area contributed by atoms with E-state index in [0.717, 1.165) is 25.0 Å². The Hall–Kier alpha value is -5.15. The molecule has 2 aliphatic heterocycles. The van der Waals surface area contributed by atoms with Crippen LogP contribution in [0.3, 0.4) is 0 Å². The minimum absolute atomic E-state index is 0.204. The van der Waals surface area contributed by atoms with Gasteiger partial charge in [-0.1, -0.05) is 97.1 Å². The molecule has 0 aromatic heterocycles. The van der Waals surface area contributed by atoms with Gasteiger partial charge in [-0.05, 0) is 84.0 Å². The first-order valence-electron chi connectivity index (χ1n) is 16.5. The molecular formula is C44H43N2O+. The van der Waals surface area contributed by atoms with E-state index in [2.05, 4.69) is 177 Å². The summed E-state index contributed by atoms with van der Waals surface area (Å²) in [5, 5.41) is 2.55. The molecule has 0 aliphatic carbocycles. The highest BCUT2D eigenvalue weighted by molar-refractivity contribution is 6.05. The van der Waals surface area contributed by atoms with E-state index in [1.165, 1.54) is 55.8 Å². The predicted octanol–water partition coefficient (Wildman–Crippen LogP) is 9.72. The highest BCUT2D eigenvalue weighted by Crippen LogP contribution is 2.52. The average Bonchev–Trinajstić information content (AvgIpc) is 3.43. The van der Waals surface area contributed by atoms with Crippen LogP contribution in [0, 0.1) is 0 Å². The molecule has 0 radical (unpaired) electrons. The number of methoxy groups -OCH3 is 1. The molecule has 2 heterocycles. The fraction of sp³-hybridized carbons (Fsp3) is 0.205. The van der Waals surface area contributed by atoms with Gasteiger partial charge in [-0.15, -0.1) is 6.58 Å². The first-order chi connectivity index (χ1) is 22.9. The lowest BCUT2D eigenvalue weighted by Crippen LogP contribution is -2.33. The molecule has 2 unspecified atom stereocenters. The van der Waals surface area contributed by atoms with Crippen LogP contribution in [0.2, 0.25) is 0 Å². The van der Waals surface area contributed by atoms with E-state index in [-0.39, 0.29) is 10.8 Å². The van der Waals surface area contributed by atoms with E-state index >= 15 is 0 Å². The second-order valence-electron chi connectivity index (χ2n) is 13.2. The topological polar surface area (TPSA) is 15.5 Å². The van der Waals surface area contributed by atoms with Crippen molar-refractivity contribution in [3.05, 3.63) is 174 Å². The van der Waals surface area contributed by atoms with Crippen molar-refractivity contribution in [3.63, 3.8) is 0 Å². The predicted molar refractivity (Wildman–Crippen MR) is 198 cm³/mol. The Bertz CT molecular complexity index is 2060. The van der Waals surface area contributed by atoms with E-state index in [1.54, 1.807) is 7.11 Å². The number of likely N-dealkylation sites (N-methyl/N-ethyl adjacent to an activating group) is 1. The van der Waals surface area contributed by atoms with E-state index in [1.807, 2.05) is 0 Å². The van der Waals surface area contributed by atoms with Crippen LogP contribution < -0.4 is 9.64 Å². The van der Waals surface area contributed by atoms with Gasteiger partial charge >= 0.3 is 0 Å². The van der Waals surface area contributed by atoms with Gasteiger partial charge in [-0.2, -0.15) is 4.58 Å². The summed E-state index contributed by atoms with van der Waals surface area (Å²) in [4.78, 5) is 2.36.